The van der Waals surface area contributed by atoms with Gasteiger partial charge in [-0.1, -0.05) is 52.7 Å². The van der Waals surface area contributed by atoms with Gasteiger partial charge in [0, 0.05) is 68.2 Å². The minimum atomic E-state index is -1.14. The number of ether oxygens (including phenoxy) is 1. The number of nitrogens with one attached hydrogen (secondary N) is 3. The summed E-state index contributed by atoms with van der Waals surface area (Å²) in [5.41, 5.74) is 10.1. The Hall–Kier alpha value is -5.80. The number of aryl methyl sites for hydroxylation is 1. The van der Waals surface area contributed by atoms with Crippen molar-refractivity contribution in [2.75, 3.05) is 40.3 Å². The molecule has 15 nitrogen and oxygen atoms in total. The number of hydrogen-bond donors (Lipinski definition) is 4. The fraction of sp³-hybridized carbons (Fsp3) is 0.529. The molecule has 2 aromatic heterocycles. The van der Waals surface area contributed by atoms with E-state index in [4.69, 9.17) is 9.72 Å². The maximum atomic E-state index is 14.8. The van der Waals surface area contributed by atoms with Crippen LogP contribution in [0.4, 0.5) is 0 Å². The molecule has 1 aliphatic carbocycles. The molecule has 2 saturated heterocycles. The monoisotopic (exact) mass is 903 g/mol. The van der Waals surface area contributed by atoms with Crippen molar-refractivity contribution in [1.29, 1.82) is 0 Å². The van der Waals surface area contributed by atoms with Crippen molar-refractivity contribution in [2.45, 2.75) is 123 Å². The number of aromatic nitrogens is 2. The highest BCUT2D eigenvalue weighted by molar-refractivity contribution is 5.96. The molecule has 6 bridgehead atoms. The van der Waals surface area contributed by atoms with Crippen LogP contribution < -0.4 is 16.1 Å². The normalized spacial score (nSPS) is 21.6. The number of esters is 1. The summed E-state index contributed by atoms with van der Waals surface area (Å²) in [6.45, 7) is 12.1. The minimum Gasteiger partial charge on any atom is -0.508 e. The number of aromatic hydroxyl groups is 1. The van der Waals surface area contributed by atoms with E-state index in [0.29, 0.717) is 44.5 Å². The van der Waals surface area contributed by atoms with Crippen molar-refractivity contribution >= 4 is 40.5 Å². The van der Waals surface area contributed by atoms with Crippen molar-refractivity contribution in [3.8, 4) is 28.1 Å². The molecule has 4 amide bonds. The average molecular weight is 903 g/mol. The Kier molecular flexibility index (Phi) is 13.6. The Labute approximate surface area is 387 Å². The van der Waals surface area contributed by atoms with Gasteiger partial charge in [0.25, 0.3) is 5.91 Å². The first kappa shape index (κ1) is 46.7. The number of carbonyl (C=O) groups is 5. The largest absolute Gasteiger partial charge is 0.508 e. The topological polar surface area (TPSA) is 188 Å². The molecule has 66 heavy (non-hydrogen) atoms. The third-order valence-corrected chi connectivity index (χ3v) is 13.9. The molecule has 4 atom stereocenters. The van der Waals surface area contributed by atoms with Gasteiger partial charge in [-0.05, 0) is 110 Å². The molecule has 5 heterocycles. The third kappa shape index (κ3) is 9.83. The van der Waals surface area contributed by atoms with E-state index in [1.807, 2.05) is 24.4 Å². The summed E-state index contributed by atoms with van der Waals surface area (Å²) in [6, 6.07) is 12.6. The molecule has 4 N–H and O–H groups in total. The van der Waals surface area contributed by atoms with Crippen molar-refractivity contribution in [2.24, 2.45) is 11.3 Å². The number of likely N-dealkylation sites (N-methyl/N-ethyl adjacent to an activating group) is 2. The van der Waals surface area contributed by atoms with Gasteiger partial charge < -0.3 is 34.8 Å². The fourth-order valence-electron chi connectivity index (χ4n) is 10.4. The molecule has 4 aliphatic rings. The van der Waals surface area contributed by atoms with Gasteiger partial charge >= 0.3 is 5.97 Å². The fourth-order valence-corrected chi connectivity index (χ4v) is 10.4. The lowest BCUT2D eigenvalue weighted by Crippen LogP contribution is -2.62. The zero-order valence-corrected chi connectivity index (χ0v) is 39.5. The number of phenolic OH excluding ortho intramolecular Hbond substituents is 1. The summed E-state index contributed by atoms with van der Waals surface area (Å²) in [5.74, 6) is -1.93. The maximum absolute atomic E-state index is 14.8. The lowest BCUT2D eigenvalue weighted by Gasteiger charge is -2.37. The molecule has 352 valence electrons. The van der Waals surface area contributed by atoms with Gasteiger partial charge in [-0.15, -0.1) is 0 Å². The average Bonchev–Trinajstić information content (AvgIpc) is 3.93. The zero-order chi connectivity index (χ0) is 47.0. The number of phenols is 1. The quantitative estimate of drug-likeness (QED) is 0.120. The Morgan fingerprint density at radius 2 is 1.77 bits per heavy atom. The van der Waals surface area contributed by atoms with Crippen LogP contribution in [0.1, 0.15) is 95.9 Å². The van der Waals surface area contributed by atoms with Crippen LogP contribution in [-0.2, 0) is 48.1 Å². The van der Waals surface area contributed by atoms with Crippen molar-refractivity contribution in [3.05, 3.63) is 71.5 Å². The van der Waals surface area contributed by atoms with Crippen molar-refractivity contribution < 1.29 is 33.8 Å². The van der Waals surface area contributed by atoms with E-state index in [-0.39, 0.29) is 55.0 Å². The summed E-state index contributed by atoms with van der Waals surface area (Å²) in [6.07, 6.45) is 6.68. The Morgan fingerprint density at radius 1 is 1.02 bits per heavy atom. The first-order chi connectivity index (χ1) is 31.5. The highest BCUT2D eigenvalue weighted by atomic mass is 16.5. The van der Waals surface area contributed by atoms with Crippen LogP contribution in [0.3, 0.4) is 0 Å². The molecule has 3 fully saturated rings. The van der Waals surface area contributed by atoms with E-state index in [2.05, 4.69) is 73.4 Å². The third-order valence-electron chi connectivity index (χ3n) is 13.9. The number of fused-ring (bicyclic) bond motifs is 6. The second kappa shape index (κ2) is 19.2. The van der Waals surface area contributed by atoms with E-state index in [1.54, 1.807) is 26.2 Å². The lowest BCUT2D eigenvalue weighted by molar-refractivity contribution is -0.155. The molecular weight excluding hydrogens is 837 g/mol. The molecule has 8 rings (SSSR count). The number of hydrazine groups is 1. The number of cyclic esters (lactones) is 1. The molecule has 4 aromatic rings. The SMILES string of the molecule is CCn1c(-c2cccnc2C(C)C)c2c3cc(ccc31)-c1cc(O)cc(c1)C[C@H](NC(=O)[C@H](C1CCCC1)N(C)C(=O)CN(C)C(=O)[C@H]1CN1)C(=O)N1CCC[C@H](N1)C(=O)OCC(C)(C)C2. The molecule has 0 unspecified atom stereocenters. The number of hydrogen-bond acceptors (Lipinski definition) is 10. The molecule has 0 radical (unpaired) electrons. The predicted molar refractivity (Wildman–Crippen MR) is 252 cm³/mol. The number of amides is 4. The van der Waals surface area contributed by atoms with Gasteiger partial charge in [0.2, 0.25) is 17.7 Å². The summed E-state index contributed by atoms with van der Waals surface area (Å²) in [4.78, 5) is 77.7. The summed E-state index contributed by atoms with van der Waals surface area (Å²) >= 11 is 0. The number of benzene rings is 2. The van der Waals surface area contributed by atoms with Gasteiger partial charge in [0.15, 0.2) is 0 Å². The minimum absolute atomic E-state index is 0.00719. The van der Waals surface area contributed by atoms with Gasteiger partial charge in [-0.3, -0.25) is 34.0 Å². The number of rotatable bonds is 10. The van der Waals surface area contributed by atoms with Crippen LogP contribution >= 0.6 is 0 Å². The van der Waals surface area contributed by atoms with Gasteiger partial charge in [0.05, 0.1) is 30.6 Å². The van der Waals surface area contributed by atoms with Gasteiger partial charge in [0.1, 0.15) is 23.9 Å². The smallest absolute Gasteiger partial charge is 0.324 e. The molecule has 15 heteroatoms. The molecular formula is C51H66N8O7. The Bertz CT molecular complexity index is 2510. The van der Waals surface area contributed by atoms with Crippen LogP contribution in [0.2, 0.25) is 0 Å². The number of carbonyl (C=O) groups excluding carboxylic acids is 5. The molecule has 0 spiro atoms. The first-order valence-electron chi connectivity index (χ1n) is 23.8. The van der Waals surface area contributed by atoms with Crippen LogP contribution in [0.15, 0.2) is 54.7 Å². The van der Waals surface area contributed by atoms with E-state index in [0.717, 1.165) is 70.2 Å². The van der Waals surface area contributed by atoms with Crippen LogP contribution in [0, 0.1) is 11.3 Å². The highest BCUT2D eigenvalue weighted by Gasteiger charge is 2.41. The Balaban J connectivity index is 1.20. The van der Waals surface area contributed by atoms with Crippen LogP contribution in [0.5, 0.6) is 5.75 Å². The molecule has 3 aliphatic heterocycles. The highest BCUT2D eigenvalue weighted by Crippen LogP contribution is 2.42. The maximum Gasteiger partial charge on any atom is 0.324 e. The lowest BCUT2D eigenvalue weighted by atomic mass is 9.83. The standard InChI is InChI=1S/C51H66N8O7/c1-8-58-42-18-17-33-25-37(42)38(46(58)36-15-11-19-52-44(36)30(2)3)26-51(4,5)29-66-50(65)39-16-12-20-59(55-39)49(64)40(23-31-21-34(33)24-35(60)22-31)54-47(62)45(32-13-9-10-14-32)57(7)43(61)28-56(6)48(63)41-27-53-41/h11,15,17-19,21-22,24-25,30,32,39-41,45,53,55,60H,8-10,12-14,16,20,23,26-29H2,1-7H3,(H,54,62)/t39-,40-,41+,45-/m0/s1. The van der Waals surface area contributed by atoms with Crippen LogP contribution in [-0.4, -0.2) is 124 Å². The van der Waals surface area contributed by atoms with Crippen LogP contribution in [0.25, 0.3) is 33.3 Å². The summed E-state index contributed by atoms with van der Waals surface area (Å²) in [7, 11) is 3.17. The summed E-state index contributed by atoms with van der Waals surface area (Å²) in [5, 5.41) is 19.8. The second-order valence-corrected chi connectivity index (χ2v) is 20.0. The predicted octanol–water partition coefficient (Wildman–Crippen LogP) is 5.32. The van der Waals surface area contributed by atoms with E-state index >= 15 is 0 Å². The first-order valence-corrected chi connectivity index (χ1v) is 23.8. The summed E-state index contributed by atoms with van der Waals surface area (Å²) < 4.78 is 8.46. The number of pyridine rings is 1. The zero-order valence-electron chi connectivity index (χ0n) is 39.5. The number of nitrogens with zero attached hydrogens (tertiary/aromatic N) is 5. The Morgan fingerprint density at radius 3 is 2.48 bits per heavy atom. The van der Waals surface area contributed by atoms with Crippen molar-refractivity contribution in [3.63, 3.8) is 0 Å². The van der Waals surface area contributed by atoms with E-state index < -0.39 is 41.3 Å². The van der Waals surface area contributed by atoms with Gasteiger partial charge in [-0.2, -0.15) is 0 Å². The second-order valence-electron chi connectivity index (χ2n) is 20.0. The van der Waals surface area contributed by atoms with Crippen molar-refractivity contribution in [1.82, 2.24) is 40.4 Å². The van der Waals surface area contributed by atoms with E-state index in [1.165, 1.54) is 14.8 Å². The van der Waals surface area contributed by atoms with E-state index in [9.17, 15) is 29.1 Å². The molecule has 2 aromatic carbocycles. The van der Waals surface area contributed by atoms with Gasteiger partial charge in [-0.25, -0.2) is 5.43 Å². The molecule has 1 saturated carbocycles.